The first-order valence-corrected chi connectivity index (χ1v) is 12.6. The average Bonchev–Trinajstić information content (AvgIpc) is 2.76. The van der Waals surface area contributed by atoms with Crippen LogP contribution in [0.5, 0.6) is 5.75 Å². The molecule has 0 radical (unpaired) electrons. The molecule has 6 heteroatoms. The van der Waals surface area contributed by atoms with Crippen LogP contribution in [0.25, 0.3) is 11.1 Å². The molecule has 2 N–H and O–H groups in total. The van der Waals surface area contributed by atoms with Gasteiger partial charge in [-0.05, 0) is 91.4 Å². The number of hydrogen-bond donors (Lipinski definition) is 1. The van der Waals surface area contributed by atoms with Crippen LogP contribution in [0.15, 0.2) is 66.7 Å². The van der Waals surface area contributed by atoms with Crippen molar-refractivity contribution < 1.29 is 12.6 Å². The maximum Gasteiger partial charge on any atom is 0.380 e. The number of likely N-dealkylation sites (N-methyl/N-ethyl adjacent to an activating group) is 1. The Kier molecular flexibility index (Phi) is 6.70. The van der Waals surface area contributed by atoms with E-state index in [0.29, 0.717) is 0 Å². The second-order valence-corrected chi connectivity index (χ2v) is 10.0. The van der Waals surface area contributed by atoms with Crippen LogP contribution < -0.4 is 9.32 Å². The molecular formula is C27H30N2O3S. The van der Waals surface area contributed by atoms with Gasteiger partial charge >= 0.3 is 10.3 Å². The standard InChI is InChI=1S/C27H30N2O3S/c1-19-5-4-6-22(17-19)25-13-11-23-18-24(32-33(28,30)31)12-14-26(23)27(25)21-9-7-20(8-10-21)15-16-29(2)3/h4-10,12,14,17-18H,11,13,15-16H2,1-3H3,(H2,28,30,31). The summed E-state index contributed by atoms with van der Waals surface area (Å²) >= 11 is 0. The van der Waals surface area contributed by atoms with Crippen LogP contribution in [0.4, 0.5) is 0 Å². The molecule has 1 aliphatic carbocycles. The third-order valence-corrected chi connectivity index (χ3v) is 6.39. The van der Waals surface area contributed by atoms with Gasteiger partial charge < -0.3 is 9.08 Å². The molecule has 0 spiro atoms. The van der Waals surface area contributed by atoms with E-state index in [1.165, 1.54) is 27.8 Å². The zero-order chi connectivity index (χ0) is 23.6. The number of allylic oxidation sites excluding steroid dienone is 1. The summed E-state index contributed by atoms with van der Waals surface area (Å²) in [5, 5.41) is 5.07. The lowest BCUT2D eigenvalue weighted by Crippen LogP contribution is -2.19. The normalized spacial score (nSPS) is 13.8. The fourth-order valence-corrected chi connectivity index (χ4v) is 4.77. The average molecular weight is 463 g/mol. The minimum absolute atomic E-state index is 0.244. The second-order valence-electron chi connectivity index (χ2n) is 8.87. The van der Waals surface area contributed by atoms with Crippen molar-refractivity contribution in [2.45, 2.75) is 26.2 Å². The van der Waals surface area contributed by atoms with Gasteiger partial charge in [-0.15, -0.1) is 0 Å². The topological polar surface area (TPSA) is 72.6 Å². The predicted molar refractivity (Wildman–Crippen MR) is 134 cm³/mol. The summed E-state index contributed by atoms with van der Waals surface area (Å²) in [6.07, 6.45) is 2.65. The van der Waals surface area contributed by atoms with Crippen molar-refractivity contribution in [1.29, 1.82) is 0 Å². The molecule has 0 aromatic heterocycles. The molecular weight excluding hydrogens is 432 g/mol. The van der Waals surface area contributed by atoms with E-state index in [1.54, 1.807) is 12.1 Å². The first-order valence-electron chi connectivity index (χ1n) is 11.1. The molecule has 0 saturated heterocycles. The molecule has 0 atom stereocenters. The van der Waals surface area contributed by atoms with Crippen molar-refractivity contribution in [3.8, 4) is 5.75 Å². The van der Waals surface area contributed by atoms with Gasteiger partial charge in [-0.1, -0.05) is 60.2 Å². The van der Waals surface area contributed by atoms with Crippen LogP contribution in [0.2, 0.25) is 0 Å². The largest absolute Gasteiger partial charge is 0.380 e. The van der Waals surface area contributed by atoms with Crippen molar-refractivity contribution in [2.24, 2.45) is 5.14 Å². The molecule has 3 aromatic rings. The lowest BCUT2D eigenvalue weighted by atomic mass is 9.79. The smallest absolute Gasteiger partial charge is 0.371 e. The van der Waals surface area contributed by atoms with Gasteiger partial charge in [-0.25, -0.2) is 0 Å². The Morgan fingerprint density at radius 1 is 0.939 bits per heavy atom. The second kappa shape index (κ2) is 9.51. The van der Waals surface area contributed by atoms with Crippen LogP contribution in [0.1, 0.15) is 39.8 Å². The fraction of sp³-hybridized carbons (Fsp3) is 0.259. The van der Waals surface area contributed by atoms with E-state index in [4.69, 9.17) is 9.32 Å². The zero-order valence-corrected chi connectivity index (χ0v) is 20.2. The number of nitrogens with two attached hydrogens (primary N) is 1. The number of rotatable bonds is 7. The first-order chi connectivity index (χ1) is 15.7. The number of aryl methyl sites for hydroxylation is 2. The molecule has 0 fully saturated rings. The summed E-state index contributed by atoms with van der Waals surface area (Å²) in [5.41, 5.74) is 9.54. The third-order valence-electron chi connectivity index (χ3n) is 5.96. The van der Waals surface area contributed by atoms with Gasteiger partial charge in [-0.2, -0.15) is 13.6 Å². The van der Waals surface area contributed by atoms with Crippen molar-refractivity contribution in [1.82, 2.24) is 4.90 Å². The minimum atomic E-state index is -4.06. The molecule has 0 amide bonds. The molecule has 0 saturated carbocycles. The molecule has 0 aliphatic heterocycles. The summed E-state index contributed by atoms with van der Waals surface area (Å²) < 4.78 is 27.7. The highest BCUT2D eigenvalue weighted by atomic mass is 32.2. The predicted octanol–water partition coefficient (Wildman–Crippen LogP) is 4.59. The number of benzene rings is 3. The van der Waals surface area contributed by atoms with E-state index in [9.17, 15) is 8.42 Å². The Morgan fingerprint density at radius 3 is 2.36 bits per heavy atom. The van der Waals surface area contributed by atoms with Gasteiger partial charge in [0, 0.05) is 6.54 Å². The molecule has 0 heterocycles. The number of nitrogens with zero attached hydrogens (tertiary/aromatic N) is 1. The van der Waals surface area contributed by atoms with E-state index in [2.05, 4.69) is 74.4 Å². The maximum absolute atomic E-state index is 11.4. The maximum atomic E-state index is 11.4. The molecule has 5 nitrogen and oxygen atoms in total. The van der Waals surface area contributed by atoms with Crippen molar-refractivity contribution >= 4 is 21.5 Å². The van der Waals surface area contributed by atoms with E-state index in [1.807, 2.05) is 6.07 Å². The van der Waals surface area contributed by atoms with Crippen LogP contribution in [-0.4, -0.2) is 34.0 Å². The highest BCUT2D eigenvalue weighted by molar-refractivity contribution is 7.84. The highest BCUT2D eigenvalue weighted by Crippen LogP contribution is 2.42. The third kappa shape index (κ3) is 5.71. The Morgan fingerprint density at radius 2 is 1.70 bits per heavy atom. The lowest BCUT2D eigenvalue weighted by Gasteiger charge is -2.25. The van der Waals surface area contributed by atoms with Crippen LogP contribution in [-0.2, 0) is 23.1 Å². The van der Waals surface area contributed by atoms with E-state index >= 15 is 0 Å². The monoisotopic (exact) mass is 462 g/mol. The summed E-state index contributed by atoms with van der Waals surface area (Å²) in [6.45, 7) is 3.11. The van der Waals surface area contributed by atoms with Crippen LogP contribution in [0.3, 0.4) is 0 Å². The number of fused-ring (bicyclic) bond motifs is 1. The van der Waals surface area contributed by atoms with Gasteiger partial charge in [0.25, 0.3) is 0 Å². The van der Waals surface area contributed by atoms with Crippen molar-refractivity contribution in [2.75, 3.05) is 20.6 Å². The quantitative estimate of drug-likeness (QED) is 0.558. The Bertz CT molecular complexity index is 1290. The minimum Gasteiger partial charge on any atom is -0.371 e. The zero-order valence-electron chi connectivity index (χ0n) is 19.3. The van der Waals surface area contributed by atoms with Gasteiger partial charge in [0.15, 0.2) is 0 Å². The van der Waals surface area contributed by atoms with Gasteiger partial charge in [0.2, 0.25) is 0 Å². The first kappa shape index (κ1) is 23.2. The van der Waals surface area contributed by atoms with E-state index in [0.717, 1.165) is 42.5 Å². The Hall–Kier alpha value is -2.93. The van der Waals surface area contributed by atoms with Gasteiger partial charge in [-0.3, -0.25) is 0 Å². The fourth-order valence-electron chi connectivity index (χ4n) is 4.40. The molecule has 0 bridgehead atoms. The van der Waals surface area contributed by atoms with Crippen LogP contribution in [0, 0.1) is 6.92 Å². The Labute approximate surface area is 196 Å². The summed E-state index contributed by atoms with van der Waals surface area (Å²) in [6, 6.07) is 22.8. The summed E-state index contributed by atoms with van der Waals surface area (Å²) in [7, 11) is 0.107. The highest BCUT2D eigenvalue weighted by Gasteiger charge is 2.23. The molecule has 4 rings (SSSR count). The van der Waals surface area contributed by atoms with Crippen LogP contribution >= 0.6 is 0 Å². The molecule has 1 aliphatic rings. The summed E-state index contributed by atoms with van der Waals surface area (Å²) in [5.74, 6) is 0.244. The Balaban J connectivity index is 1.81. The van der Waals surface area contributed by atoms with E-state index < -0.39 is 10.3 Å². The number of hydrogen-bond acceptors (Lipinski definition) is 4. The molecule has 33 heavy (non-hydrogen) atoms. The molecule has 172 valence electrons. The van der Waals surface area contributed by atoms with Crippen molar-refractivity contribution in [3.05, 3.63) is 100 Å². The van der Waals surface area contributed by atoms with Gasteiger partial charge in [0.05, 0.1) is 0 Å². The molecule has 0 unspecified atom stereocenters. The molecule has 3 aromatic carbocycles. The van der Waals surface area contributed by atoms with Gasteiger partial charge in [0.1, 0.15) is 5.75 Å². The summed E-state index contributed by atoms with van der Waals surface area (Å²) in [4.78, 5) is 2.19. The SMILES string of the molecule is Cc1cccc(C2=C(c3ccc(CCN(C)C)cc3)c3ccc(OS(N)(=O)=O)cc3CC2)c1. The van der Waals surface area contributed by atoms with E-state index in [-0.39, 0.29) is 5.75 Å². The lowest BCUT2D eigenvalue weighted by molar-refractivity contribution is 0.413. The van der Waals surface area contributed by atoms with Crippen molar-refractivity contribution in [3.63, 3.8) is 0 Å².